The largest absolute Gasteiger partial charge is 0.381 e. The van der Waals surface area contributed by atoms with Crippen LogP contribution in [-0.2, 0) is 11.2 Å². The SMILES string of the molecule is Fc1cc(Br)cc(CC2(CCl)CCOC2)c1. The van der Waals surface area contributed by atoms with Crippen molar-refractivity contribution in [2.45, 2.75) is 12.8 Å². The van der Waals surface area contributed by atoms with Gasteiger partial charge in [-0.25, -0.2) is 4.39 Å². The molecule has 2 rings (SSSR count). The van der Waals surface area contributed by atoms with E-state index in [1.54, 1.807) is 6.07 Å². The van der Waals surface area contributed by atoms with E-state index in [-0.39, 0.29) is 11.2 Å². The summed E-state index contributed by atoms with van der Waals surface area (Å²) in [5.74, 6) is 0.342. The molecule has 1 aromatic carbocycles. The Balaban J connectivity index is 2.18. The summed E-state index contributed by atoms with van der Waals surface area (Å²) < 4.78 is 19.4. The lowest BCUT2D eigenvalue weighted by molar-refractivity contribution is 0.161. The standard InChI is InChI=1S/C12H13BrClFO/c13-10-3-9(4-11(15)5-10)6-12(7-14)1-2-16-8-12/h3-5H,1-2,6-8H2. The Hall–Kier alpha value is -0.120. The van der Waals surface area contributed by atoms with Crippen LogP contribution < -0.4 is 0 Å². The predicted molar refractivity (Wildman–Crippen MR) is 66.4 cm³/mol. The molecular formula is C12H13BrClFO. The maximum Gasteiger partial charge on any atom is 0.124 e. The van der Waals surface area contributed by atoms with Crippen LogP contribution in [0.5, 0.6) is 0 Å². The summed E-state index contributed by atoms with van der Waals surface area (Å²) in [4.78, 5) is 0. The van der Waals surface area contributed by atoms with Crippen LogP contribution in [0.3, 0.4) is 0 Å². The Kier molecular flexibility index (Phi) is 3.88. The molecule has 1 fully saturated rings. The lowest BCUT2D eigenvalue weighted by Crippen LogP contribution is -2.26. The highest BCUT2D eigenvalue weighted by atomic mass is 79.9. The number of halogens is 3. The smallest absolute Gasteiger partial charge is 0.124 e. The van der Waals surface area contributed by atoms with Gasteiger partial charge in [-0.15, -0.1) is 11.6 Å². The van der Waals surface area contributed by atoms with Gasteiger partial charge in [0.05, 0.1) is 6.61 Å². The Morgan fingerprint density at radius 3 is 2.81 bits per heavy atom. The fourth-order valence-corrected chi connectivity index (χ4v) is 2.91. The minimum absolute atomic E-state index is 0.0191. The van der Waals surface area contributed by atoms with Crippen LogP contribution in [0.25, 0.3) is 0 Å². The van der Waals surface area contributed by atoms with Crippen LogP contribution in [0.4, 0.5) is 4.39 Å². The van der Waals surface area contributed by atoms with Gasteiger partial charge in [-0.3, -0.25) is 0 Å². The van der Waals surface area contributed by atoms with E-state index in [4.69, 9.17) is 16.3 Å². The highest BCUT2D eigenvalue weighted by Gasteiger charge is 2.34. The van der Waals surface area contributed by atoms with Crippen LogP contribution in [-0.4, -0.2) is 19.1 Å². The summed E-state index contributed by atoms with van der Waals surface area (Å²) >= 11 is 9.31. The molecule has 1 unspecified atom stereocenters. The van der Waals surface area contributed by atoms with Gasteiger partial charge in [0, 0.05) is 22.4 Å². The highest BCUT2D eigenvalue weighted by Crippen LogP contribution is 2.34. The lowest BCUT2D eigenvalue weighted by Gasteiger charge is -2.24. The van der Waals surface area contributed by atoms with Crippen molar-refractivity contribution in [2.24, 2.45) is 5.41 Å². The number of benzene rings is 1. The molecule has 1 atom stereocenters. The van der Waals surface area contributed by atoms with Crippen LogP contribution >= 0.6 is 27.5 Å². The summed E-state index contributed by atoms with van der Waals surface area (Å²) in [7, 11) is 0. The Bertz CT molecular complexity index is 357. The monoisotopic (exact) mass is 306 g/mol. The molecule has 0 amide bonds. The van der Waals surface area contributed by atoms with Crippen molar-refractivity contribution in [3.8, 4) is 0 Å². The van der Waals surface area contributed by atoms with Crippen LogP contribution in [0.2, 0.25) is 0 Å². The van der Waals surface area contributed by atoms with Gasteiger partial charge in [0.1, 0.15) is 5.82 Å². The molecule has 0 spiro atoms. The van der Waals surface area contributed by atoms with Gasteiger partial charge in [0.2, 0.25) is 0 Å². The Morgan fingerprint density at radius 2 is 2.25 bits per heavy atom. The van der Waals surface area contributed by atoms with E-state index in [2.05, 4.69) is 15.9 Å². The molecule has 0 radical (unpaired) electrons. The molecule has 0 aliphatic carbocycles. The van der Waals surface area contributed by atoms with Crippen molar-refractivity contribution in [1.29, 1.82) is 0 Å². The summed E-state index contributed by atoms with van der Waals surface area (Å²) in [5.41, 5.74) is 0.951. The molecule has 0 aromatic heterocycles. The van der Waals surface area contributed by atoms with Crippen molar-refractivity contribution in [2.75, 3.05) is 19.1 Å². The zero-order chi connectivity index (χ0) is 11.6. The second kappa shape index (κ2) is 5.03. The Morgan fingerprint density at radius 1 is 1.44 bits per heavy atom. The van der Waals surface area contributed by atoms with E-state index in [1.165, 1.54) is 6.07 Å². The average molecular weight is 308 g/mol. The third-order valence-electron chi connectivity index (χ3n) is 2.97. The summed E-state index contributed by atoms with van der Waals surface area (Å²) in [6.07, 6.45) is 1.72. The first-order chi connectivity index (χ1) is 7.63. The van der Waals surface area contributed by atoms with Gasteiger partial charge < -0.3 is 4.74 Å². The van der Waals surface area contributed by atoms with Crippen molar-refractivity contribution in [3.05, 3.63) is 34.1 Å². The second-order valence-corrected chi connectivity index (χ2v) is 5.57. The number of hydrogen-bond acceptors (Lipinski definition) is 1. The van der Waals surface area contributed by atoms with E-state index < -0.39 is 0 Å². The number of rotatable bonds is 3. The van der Waals surface area contributed by atoms with E-state index >= 15 is 0 Å². The summed E-state index contributed by atoms with van der Waals surface area (Å²) in [5, 5.41) is 0. The topological polar surface area (TPSA) is 9.23 Å². The maximum absolute atomic E-state index is 13.2. The van der Waals surface area contributed by atoms with Crippen LogP contribution in [0.1, 0.15) is 12.0 Å². The molecule has 0 saturated carbocycles. The van der Waals surface area contributed by atoms with Crippen molar-refractivity contribution < 1.29 is 9.13 Å². The molecule has 16 heavy (non-hydrogen) atoms. The first kappa shape index (κ1) is 12.3. The molecule has 1 aliphatic rings. The van der Waals surface area contributed by atoms with Gasteiger partial charge >= 0.3 is 0 Å². The maximum atomic E-state index is 13.2. The molecule has 0 N–H and O–H groups in total. The normalized spacial score (nSPS) is 24.9. The van der Waals surface area contributed by atoms with Crippen LogP contribution in [0.15, 0.2) is 22.7 Å². The van der Waals surface area contributed by atoms with E-state index in [9.17, 15) is 4.39 Å². The van der Waals surface area contributed by atoms with E-state index in [0.29, 0.717) is 12.5 Å². The summed E-state index contributed by atoms with van der Waals surface area (Å²) in [6.45, 7) is 1.42. The average Bonchev–Trinajstić information content (AvgIpc) is 2.65. The molecule has 1 aromatic rings. The number of alkyl halides is 1. The molecule has 88 valence electrons. The fourth-order valence-electron chi connectivity index (χ4n) is 2.09. The molecular weight excluding hydrogens is 294 g/mol. The van der Waals surface area contributed by atoms with E-state index in [0.717, 1.165) is 29.5 Å². The lowest BCUT2D eigenvalue weighted by atomic mass is 9.83. The quantitative estimate of drug-likeness (QED) is 0.772. The van der Waals surface area contributed by atoms with Gasteiger partial charge in [-0.2, -0.15) is 0 Å². The third kappa shape index (κ3) is 2.76. The molecule has 0 bridgehead atoms. The number of hydrogen-bond donors (Lipinski definition) is 0. The molecule has 1 heterocycles. The zero-order valence-electron chi connectivity index (χ0n) is 8.81. The van der Waals surface area contributed by atoms with Gasteiger partial charge in [-0.1, -0.05) is 15.9 Å². The van der Waals surface area contributed by atoms with Gasteiger partial charge in [0.15, 0.2) is 0 Å². The zero-order valence-corrected chi connectivity index (χ0v) is 11.2. The molecule has 1 aliphatic heterocycles. The Labute approximate surface area is 108 Å². The third-order valence-corrected chi connectivity index (χ3v) is 3.99. The summed E-state index contributed by atoms with van der Waals surface area (Å²) in [6, 6.07) is 4.97. The van der Waals surface area contributed by atoms with Crippen molar-refractivity contribution >= 4 is 27.5 Å². The fraction of sp³-hybridized carbons (Fsp3) is 0.500. The highest BCUT2D eigenvalue weighted by molar-refractivity contribution is 9.10. The number of ether oxygens (including phenoxy) is 1. The minimum atomic E-state index is -0.215. The van der Waals surface area contributed by atoms with Crippen LogP contribution in [0, 0.1) is 11.2 Å². The van der Waals surface area contributed by atoms with Gasteiger partial charge in [-0.05, 0) is 36.6 Å². The second-order valence-electron chi connectivity index (χ2n) is 4.39. The minimum Gasteiger partial charge on any atom is -0.381 e. The van der Waals surface area contributed by atoms with E-state index in [1.807, 2.05) is 6.07 Å². The molecule has 1 nitrogen and oxygen atoms in total. The first-order valence-electron chi connectivity index (χ1n) is 5.22. The van der Waals surface area contributed by atoms with Crippen molar-refractivity contribution in [3.63, 3.8) is 0 Å². The molecule has 4 heteroatoms. The van der Waals surface area contributed by atoms with Gasteiger partial charge in [0.25, 0.3) is 0 Å². The predicted octanol–water partition coefficient (Wildman–Crippen LogP) is 3.78. The first-order valence-corrected chi connectivity index (χ1v) is 6.55. The van der Waals surface area contributed by atoms with Crippen molar-refractivity contribution in [1.82, 2.24) is 0 Å². The molecule has 1 saturated heterocycles.